The minimum atomic E-state index is -0.00213. The minimum Gasteiger partial charge on any atom is -0.490 e. The number of nitrogens with zero attached hydrogens (tertiary/aromatic N) is 2. The van der Waals surface area contributed by atoms with Gasteiger partial charge in [0.25, 0.3) is 5.91 Å². The van der Waals surface area contributed by atoms with Crippen LogP contribution in [0.3, 0.4) is 0 Å². The van der Waals surface area contributed by atoms with E-state index >= 15 is 0 Å². The van der Waals surface area contributed by atoms with Crippen molar-refractivity contribution in [2.24, 2.45) is 0 Å². The molecule has 1 aliphatic heterocycles. The van der Waals surface area contributed by atoms with Crippen LogP contribution in [0.4, 0.5) is 0 Å². The fourth-order valence-electron chi connectivity index (χ4n) is 4.09. The zero-order chi connectivity index (χ0) is 22.5. The van der Waals surface area contributed by atoms with Gasteiger partial charge in [0.2, 0.25) is 5.75 Å². The smallest absolute Gasteiger partial charge is 0.254 e. The molecule has 2 aromatic carbocycles. The van der Waals surface area contributed by atoms with Crippen molar-refractivity contribution >= 4 is 27.5 Å². The Hall–Kier alpha value is -2.80. The van der Waals surface area contributed by atoms with Gasteiger partial charge in [0.05, 0.1) is 35.0 Å². The first-order valence-electron chi connectivity index (χ1n) is 11.4. The predicted octanol–water partition coefficient (Wildman–Crippen LogP) is 5.51. The zero-order valence-electron chi connectivity index (χ0n) is 18.9. The molecule has 4 rings (SSSR count). The molecule has 6 nitrogen and oxygen atoms in total. The highest BCUT2D eigenvalue weighted by Crippen LogP contribution is 2.40. The van der Waals surface area contributed by atoms with Gasteiger partial charge in [0, 0.05) is 24.6 Å². The van der Waals surface area contributed by atoms with Gasteiger partial charge >= 0.3 is 0 Å². The summed E-state index contributed by atoms with van der Waals surface area (Å²) in [5.74, 6) is 2.05. The molecule has 7 heteroatoms. The maximum atomic E-state index is 13.3. The molecule has 1 aliphatic rings. The Kier molecular flexibility index (Phi) is 7.15. The number of hydrogen-bond donors (Lipinski definition) is 0. The highest BCUT2D eigenvalue weighted by molar-refractivity contribution is 7.18. The number of amides is 1. The van der Waals surface area contributed by atoms with E-state index in [9.17, 15) is 4.79 Å². The number of aromatic nitrogens is 1. The molecule has 0 bridgehead atoms. The van der Waals surface area contributed by atoms with Crippen molar-refractivity contribution in [1.82, 2.24) is 9.88 Å². The molecule has 0 radical (unpaired) electrons. The van der Waals surface area contributed by atoms with Crippen LogP contribution < -0.4 is 14.2 Å². The average molecular weight is 455 g/mol. The van der Waals surface area contributed by atoms with Gasteiger partial charge in [-0.1, -0.05) is 12.1 Å². The fourth-order valence-corrected chi connectivity index (χ4v) is 5.23. The van der Waals surface area contributed by atoms with E-state index in [4.69, 9.17) is 19.2 Å². The minimum absolute atomic E-state index is 0.00213. The number of hydrogen-bond acceptors (Lipinski definition) is 6. The van der Waals surface area contributed by atoms with Gasteiger partial charge < -0.3 is 19.1 Å². The van der Waals surface area contributed by atoms with Crippen molar-refractivity contribution < 1.29 is 19.0 Å². The van der Waals surface area contributed by atoms with Crippen molar-refractivity contribution in [3.63, 3.8) is 0 Å². The second-order valence-corrected chi connectivity index (χ2v) is 8.75. The summed E-state index contributed by atoms with van der Waals surface area (Å²) >= 11 is 1.77. The summed E-state index contributed by atoms with van der Waals surface area (Å²) in [6.07, 6.45) is 1.83. The van der Waals surface area contributed by atoms with Gasteiger partial charge in [-0.05, 0) is 57.9 Å². The molecule has 3 aromatic rings. The summed E-state index contributed by atoms with van der Waals surface area (Å²) in [4.78, 5) is 20.1. The van der Waals surface area contributed by atoms with Crippen LogP contribution in [0.1, 0.15) is 54.9 Å². The third-order valence-electron chi connectivity index (χ3n) is 5.60. The van der Waals surface area contributed by atoms with Gasteiger partial charge in [0.15, 0.2) is 11.5 Å². The lowest BCUT2D eigenvalue weighted by atomic mass is 9.97. The van der Waals surface area contributed by atoms with Crippen LogP contribution in [0.25, 0.3) is 10.2 Å². The highest BCUT2D eigenvalue weighted by Gasteiger charge is 2.28. The van der Waals surface area contributed by atoms with Crippen LogP contribution in [0.5, 0.6) is 17.2 Å². The first-order valence-corrected chi connectivity index (χ1v) is 12.2. The summed E-state index contributed by atoms with van der Waals surface area (Å²) in [7, 11) is 0. The lowest BCUT2D eigenvalue weighted by Crippen LogP contribution is -2.38. The number of benzene rings is 2. The van der Waals surface area contributed by atoms with Crippen molar-refractivity contribution in [2.75, 3.05) is 32.9 Å². The number of carbonyl (C=O) groups is 1. The molecule has 0 saturated carbocycles. The van der Waals surface area contributed by atoms with E-state index in [0.29, 0.717) is 61.6 Å². The topological polar surface area (TPSA) is 60.9 Å². The van der Waals surface area contributed by atoms with Gasteiger partial charge in [-0.25, -0.2) is 4.98 Å². The number of ether oxygens (including phenoxy) is 3. The number of carbonyl (C=O) groups excluding carboxylic acids is 1. The Labute approximate surface area is 193 Å². The van der Waals surface area contributed by atoms with E-state index < -0.39 is 0 Å². The second-order valence-electron chi connectivity index (χ2n) is 7.69. The Morgan fingerprint density at radius 2 is 1.62 bits per heavy atom. The summed E-state index contributed by atoms with van der Waals surface area (Å²) in [6.45, 7) is 8.62. The summed E-state index contributed by atoms with van der Waals surface area (Å²) in [5.41, 5.74) is 1.63. The summed E-state index contributed by atoms with van der Waals surface area (Å²) in [5, 5.41) is 1.18. The lowest BCUT2D eigenvalue weighted by molar-refractivity contribution is 0.0712. The molecule has 1 aromatic heterocycles. The standard InChI is InChI=1S/C25H30N2O4S/c1-4-29-20-15-18(16-21(30-5-2)23(20)31-6-3)25(28)27-13-11-17(12-14-27)24-26-19-9-7-8-10-22(19)32-24/h7-10,15-17H,4-6,11-14H2,1-3H3. The predicted molar refractivity (Wildman–Crippen MR) is 127 cm³/mol. The zero-order valence-corrected chi connectivity index (χ0v) is 19.7. The molecule has 1 saturated heterocycles. The van der Waals surface area contributed by atoms with Crippen molar-refractivity contribution in [1.29, 1.82) is 0 Å². The third kappa shape index (κ3) is 4.67. The van der Waals surface area contributed by atoms with E-state index in [2.05, 4.69) is 18.2 Å². The molecular weight excluding hydrogens is 424 g/mol. The van der Waals surface area contributed by atoms with Crippen molar-refractivity contribution in [3.05, 3.63) is 47.0 Å². The van der Waals surface area contributed by atoms with E-state index in [-0.39, 0.29) is 5.91 Å². The van der Waals surface area contributed by atoms with Gasteiger partial charge in [0.1, 0.15) is 0 Å². The fraction of sp³-hybridized carbons (Fsp3) is 0.440. The van der Waals surface area contributed by atoms with E-state index in [1.807, 2.05) is 31.7 Å². The maximum absolute atomic E-state index is 13.3. The van der Waals surface area contributed by atoms with E-state index in [1.54, 1.807) is 23.5 Å². The SMILES string of the molecule is CCOc1cc(C(=O)N2CCC(c3nc4ccccc4s3)CC2)cc(OCC)c1OCC. The number of para-hydroxylation sites is 1. The third-order valence-corrected chi connectivity index (χ3v) is 6.80. The molecule has 0 N–H and O–H groups in total. The molecule has 0 atom stereocenters. The number of likely N-dealkylation sites (tertiary alicyclic amines) is 1. The number of rotatable bonds is 8. The summed E-state index contributed by atoms with van der Waals surface area (Å²) in [6, 6.07) is 11.8. The Morgan fingerprint density at radius 3 is 2.22 bits per heavy atom. The monoisotopic (exact) mass is 454 g/mol. The number of fused-ring (bicyclic) bond motifs is 1. The molecule has 0 spiro atoms. The normalized spacial score (nSPS) is 14.5. The Balaban J connectivity index is 1.50. The quantitative estimate of drug-likeness (QED) is 0.449. The van der Waals surface area contributed by atoms with Crippen LogP contribution in [0.2, 0.25) is 0 Å². The van der Waals surface area contributed by atoms with Gasteiger partial charge in [-0.15, -0.1) is 11.3 Å². The largest absolute Gasteiger partial charge is 0.490 e. The molecule has 2 heterocycles. The molecule has 32 heavy (non-hydrogen) atoms. The summed E-state index contributed by atoms with van der Waals surface area (Å²) < 4.78 is 18.5. The van der Waals surface area contributed by atoms with Crippen LogP contribution >= 0.6 is 11.3 Å². The highest BCUT2D eigenvalue weighted by atomic mass is 32.1. The molecular formula is C25H30N2O4S. The Bertz CT molecular complexity index is 1010. The van der Waals surface area contributed by atoms with Crippen LogP contribution in [0, 0.1) is 0 Å². The van der Waals surface area contributed by atoms with E-state index in [0.717, 1.165) is 18.4 Å². The van der Waals surface area contributed by atoms with Crippen LogP contribution in [-0.4, -0.2) is 48.7 Å². The van der Waals surface area contributed by atoms with Crippen molar-refractivity contribution in [2.45, 2.75) is 39.5 Å². The molecule has 0 unspecified atom stereocenters. The van der Waals surface area contributed by atoms with Crippen LogP contribution in [-0.2, 0) is 0 Å². The first kappa shape index (κ1) is 22.4. The van der Waals surface area contributed by atoms with Crippen molar-refractivity contribution in [3.8, 4) is 17.2 Å². The lowest BCUT2D eigenvalue weighted by Gasteiger charge is -2.31. The maximum Gasteiger partial charge on any atom is 0.254 e. The molecule has 1 fully saturated rings. The molecule has 170 valence electrons. The molecule has 1 amide bonds. The first-order chi connectivity index (χ1) is 15.6. The molecule has 0 aliphatic carbocycles. The number of piperidine rings is 1. The van der Waals surface area contributed by atoms with Gasteiger partial charge in [-0.2, -0.15) is 0 Å². The van der Waals surface area contributed by atoms with Crippen LogP contribution in [0.15, 0.2) is 36.4 Å². The second kappa shape index (κ2) is 10.2. The average Bonchev–Trinajstić information content (AvgIpc) is 3.25. The Morgan fingerprint density at radius 1 is 1.00 bits per heavy atom. The number of thiazole rings is 1. The van der Waals surface area contributed by atoms with E-state index in [1.165, 1.54) is 9.71 Å². The van der Waals surface area contributed by atoms with Gasteiger partial charge in [-0.3, -0.25) is 4.79 Å².